The Bertz CT molecular complexity index is 383. The molecule has 0 atom stereocenters. The fraction of sp³-hybridized carbons (Fsp3) is 0.462. The van der Waals surface area contributed by atoms with E-state index < -0.39 is 5.97 Å². The van der Waals surface area contributed by atoms with Crippen molar-refractivity contribution >= 4 is 11.7 Å². The molecule has 3 heteroatoms. The largest absolute Gasteiger partial charge is 0.481 e. The molecule has 1 aromatic carbocycles. The fourth-order valence-electron chi connectivity index (χ4n) is 2.08. The molecule has 1 N–H and O–H groups in total. The SMILES string of the molecule is CCC1CN(c2cccc(CC(=O)O)c2)C1. The molecule has 2 rings (SSSR count). The van der Waals surface area contributed by atoms with Crippen LogP contribution < -0.4 is 4.90 Å². The van der Waals surface area contributed by atoms with E-state index in [4.69, 9.17) is 5.11 Å². The van der Waals surface area contributed by atoms with Crippen molar-refractivity contribution in [1.29, 1.82) is 0 Å². The van der Waals surface area contributed by atoms with Crippen molar-refractivity contribution in [3.05, 3.63) is 29.8 Å². The lowest BCUT2D eigenvalue weighted by atomic mass is 9.96. The number of carbonyl (C=O) groups is 1. The smallest absolute Gasteiger partial charge is 0.307 e. The van der Waals surface area contributed by atoms with Crippen LogP contribution in [0.5, 0.6) is 0 Å². The maximum Gasteiger partial charge on any atom is 0.307 e. The first kappa shape index (κ1) is 11.0. The molecule has 1 aliphatic heterocycles. The average Bonchev–Trinajstić information content (AvgIpc) is 2.15. The van der Waals surface area contributed by atoms with E-state index in [0.717, 1.165) is 30.3 Å². The summed E-state index contributed by atoms with van der Waals surface area (Å²) in [4.78, 5) is 12.9. The number of benzene rings is 1. The van der Waals surface area contributed by atoms with E-state index in [1.807, 2.05) is 18.2 Å². The Labute approximate surface area is 95.7 Å². The monoisotopic (exact) mass is 219 g/mol. The third-order valence-corrected chi connectivity index (χ3v) is 3.17. The summed E-state index contributed by atoms with van der Waals surface area (Å²) in [5.74, 6) is 0.0373. The molecule has 0 bridgehead atoms. The quantitative estimate of drug-likeness (QED) is 0.843. The van der Waals surface area contributed by atoms with E-state index in [9.17, 15) is 4.79 Å². The number of carboxylic acid groups (broad SMARTS) is 1. The summed E-state index contributed by atoms with van der Waals surface area (Å²) >= 11 is 0. The van der Waals surface area contributed by atoms with Gasteiger partial charge in [-0.15, -0.1) is 0 Å². The lowest BCUT2D eigenvalue weighted by molar-refractivity contribution is -0.136. The molecule has 0 aromatic heterocycles. The molecule has 1 fully saturated rings. The van der Waals surface area contributed by atoms with Gasteiger partial charge in [0.25, 0.3) is 0 Å². The Hall–Kier alpha value is -1.51. The van der Waals surface area contributed by atoms with Gasteiger partial charge in [0.15, 0.2) is 0 Å². The zero-order valence-corrected chi connectivity index (χ0v) is 9.52. The predicted molar refractivity (Wildman–Crippen MR) is 63.8 cm³/mol. The highest BCUT2D eigenvalue weighted by atomic mass is 16.4. The van der Waals surface area contributed by atoms with Gasteiger partial charge in [-0.05, 0) is 30.0 Å². The number of nitrogens with zero attached hydrogens (tertiary/aromatic N) is 1. The van der Waals surface area contributed by atoms with Crippen LogP contribution in [0.15, 0.2) is 24.3 Å². The maximum atomic E-state index is 10.6. The highest BCUT2D eigenvalue weighted by Crippen LogP contribution is 2.26. The van der Waals surface area contributed by atoms with Crippen molar-refractivity contribution in [3.8, 4) is 0 Å². The average molecular weight is 219 g/mol. The van der Waals surface area contributed by atoms with E-state index >= 15 is 0 Å². The van der Waals surface area contributed by atoms with Gasteiger partial charge in [-0.1, -0.05) is 19.1 Å². The highest BCUT2D eigenvalue weighted by Gasteiger charge is 2.25. The molecule has 0 aliphatic carbocycles. The lowest BCUT2D eigenvalue weighted by Gasteiger charge is -2.40. The summed E-state index contributed by atoms with van der Waals surface area (Å²) in [5, 5.41) is 8.73. The second kappa shape index (κ2) is 4.56. The minimum Gasteiger partial charge on any atom is -0.481 e. The Balaban J connectivity index is 2.03. The van der Waals surface area contributed by atoms with E-state index in [1.165, 1.54) is 6.42 Å². The predicted octanol–water partition coefficient (Wildman–Crippen LogP) is 2.16. The van der Waals surface area contributed by atoms with E-state index in [1.54, 1.807) is 0 Å². The summed E-state index contributed by atoms with van der Waals surface area (Å²) in [6.45, 7) is 4.42. The molecule has 0 amide bonds. The number of rotatable bonds is 4. The summed E-state index contributed by atoms with van der Waals surface area (Å²) < 4.78 is 0. The highest BCUT2D eigenvalue weighted by molar-refractivity contribution is 5.71. The van der Waals surface area contributed by atoms with Gasteiger partial charge in [-0.2, -0.15) is 0 Å². The molecule has 1 heterocycles. The second-order valence-corrected chi connectivity index (χ2v) is 4.42. The normalized spacial score (nSPS) is 15.9. The number of anilines is 1. The van der Waals surface area contributed by atoms with Crippen molar-refractivity contribution in [2.24, 2.45) is 5.92 Å². The van der Waals surface area contributed by atoms with Gasteiger partial charge in [0.05, 0.1) is 6.42 Å². The standard InChI is InChI=1S/C13H17NO2/c1-2-10-8-14(9-10)12-5-3-4-11(6-12)7-13(15)16/h3-6,10H,2,7-9H2,1H3,(H,15,16). The molecule has 1 aromatic rings. The van der Waals surface area contributed by atoms with Gasteiger partial charge in [0.1, 0.15) is 0 Å². The minimum absolute atomic E-state index is 0.110. The molecule has 1 aliphatic rings. The van der Waals surface area contributed by atoms with Gasteiger partial charge in [0, 0.05) is 18.8 Å². The first-order valence-electron chi connectivity index (χ1n) is 5.74. The number of carboxylic acids is 1. The Morgan fingerprint density at radius 1 is 1.50 bits per heavy atom. The van der Waals surface area contributed by atoms with Crippen LogP contribution in [0, 0.1) is 5.92 Å². The third-order valence-electron chi connectivity index (χ3n) is 3.17. The van der Waals surface area contributed by atoms with Gasteiger partial charge < -0.3 is 10.0 Å². The molecule has 1 saturated heterocycles. The molecule has 3 nitrogen and oxygen atoms in total. The lowest BCUT2D eigenvalue weighted by Crippen LogP contribution is -2.46. The van der Waals surface area contributed by atoms with Crippen molar-refractivity contribution in [2.75, 3.05) is 18.0 Å². The summed E-state index contributed by atoms with van der Waals surface area (Å²) in [6, 6.07) is 7.85. The van der Waals surface area contributed by atoms with Crippen molar-refractivity contribution in [3.63, 3.8) is 0 Å². The van der Waals surface area contributed by atoms with Crippen LogP contribution in [-0.2, 0) is 11.2 Å². The van der Waals surface area contributed by atoms with E-state index in [2.05, 4.69) is 17.9 Å². The zero-order valence-electron chi connectivity index (χ0n) is 9.52. The number of hydrogen-bond acceptors (Lipinski definition) is 2. The summed E-state index contributed by atoms with van der Waals surface area (Å²) in [5.41, 5.74) is 2.04. The van der Waals surface area contributed by atoms with Gasteiger partial charge in [-0.25, -0.2) is 0 Å². The third kappa shape index (κ3) is 2.35. The summed E-state index contributed by atoms with van der Waals surface area (Å²) in [7, 11) is 0. The number of aliphatic carboxylic acids is 1. The number of hydrogen-bond donors (Lipinski definition) is 1. The molecule has 16 heavy (non-hydrogen) atoms. The zero-order chi connectivity index (χ0) is 11.5. The van der Waals surface area contributed by atoms with Crippen molar-refractivity contribution < 1.29 is 9.90 Å². The van der Waals surface area contributed by atoms with Crippen LogP contribution >= 0.6 is 0 Å². The van der Waals surface area contributed by atoms with Crippen LogP contribution in [0.3, 0.4) is 0 Å². The van der Waals surface area contributed by atoms with E-state index in [-0.39, 0.29) is 6.42 Å². The van der Waals surface area contributed by atoms with Crippen LogP contribution in [0.4, 0.5) is 5.69 Å². The fourth-order valence-corrected chi connectivity index (χ4v) is 2.08. The molecular formula is C13H17NO2. The molecule has 0 spiro atoms. The van der Waals surface area contributed by atoms with Gasteiger partial charge in [0.2, 0.25) is 0 Å². The van der Waals surface area contributed by atoms with Gasteiger partial charge >= 0.3 is 5.97 Å². The molecule has 86 valence electrons. The topological polar surface area (TPSA) is 40.5 Å². The molecular weight excluding hydrogens is 202 g/mol. The second-order valence-electron chi connectivity index (χ2n) is 4.42. The molecule has 0 saturated carbocycles. The molecule has 0 radical (unpaired) electrons. The van der Waals surface area contributed by atoms with Crippen LogP contribution in [0.25, 0.3) is 0 Å². The Morgan fingerprint density at radius 2 is 2.25 bits per heavy atom. The first-order chi connectivity index (χ1) is 7.69. The Morgan fingerprint density at radius 3 is 2.88 bits per heavy atom. The van der Waals surface area contributed by atoms with Crippen LogP contribution in [0.2, 0.25) is 0 Å². The van der Waals surface area contributed by atoms with E-state index in [0.29, 0.717) is 0 Å². The first-order valence-corrected chi connectivity index (χ1v) is 5.74. The summed E-state index contributed by atoms with van der Waals surface area (Å²) in [6.07, 6.45) is 1.34. The maximum absolute atomic E-state index is 10.6. The van der Waals surface area contributed by atoms with Gasteiger partial charge in [-0.3, -0.25) is 4.79 Å². The Kier molecular flexibility index (Phi) is 3.13. The van der Waals surface area contributed by atoms with Crippen molar-refractivity contribution in [2.45, 2.75) is 19.8 Å². The van der Waals surface area contributed by atoms with Crippen molar-refractivity contribution in [1.82, 2.24) is 0 Å². The van der Waals surface area contributed by atoms with Crippen LogP contribution in [0.1, 0.15) is 18.9 Å². The van der Waals surface area contributed by atoms with Crippen LogP contribution in [-0.4, -0.2) is 24.2 Å². The molecule has 0 unspecified atom stereocenters. The minimum atomic E-state index is -0.771.